The lowest BCUT2D eigenvalue weighted by Gasteiger charge is -2.16. The zero-order valence-electron chi connectivity index (χ0n) is 17.6. The van der Waals surface area contributed by atoms with Crippen molar-refractivity contribution in [2.45, 2.75) is 6.54 Å². The van der Waals surface area contributed by atoms with Gasteiger partial charge in [0.25, 0.3) is 0 Å². The van der Waals surface area contributed by atoms with Crippen molar-refractivity contribution >= 4 is 11.9 Å². The van der Waals surface area contributed by atoms with E-state index in [1.54, 1.807) is 12.1 Å². The molecule has 30 heavy (non-hydrogen) atoms. The molecule has 0 spiro atoms. The van der Waals surface area contributed by atoms with E-state index < -0.39 is 0 Å². The molecule has 3 aromatic carbocycles. The van der Waals surface area contributed by atoms with Gasteiger partial charge < -0.3 is 14.4 Å². The number of nitrogens with zero attached hydrogens (tertiary/aromatic N) is 1. The van der Waals surface area contributed by atoms with Gasteiger partial charge >= 0.3 is 11.9 Å². The molecular weight excluding hydrogens is 378 g/mol. The number of benzene rings is 3. The Balaban J connectivity index is 2.24. The molecule has 5 nitrogen and oxygen atoms in total. The molecule has 0 amide bonds. The van der Waals surface area contributed by atoms with Crippen LogP contribution < -0.4 is 0 Å². The highest BCUT2D eigenvalue weighted by Gasteiger charge is 2.17. The van der Waals surface area contributed by atoms with Crippen molar-refractivity contribution in [2.75, 3.05) is 28.3 Å². The Morgan fingerprint density at radius 1 is 0.733 bits per heavy atom. The maximum Gasteiger partial charge on any atom is 0.338 e. The van der Waals surface area contributed by atoms with E-state index in [1.165, 1.54) is 14.2 Å². The van der Waals surface area contributed by atoms with Crippen LogP contribution >= 0.6 is 0 Å². The molecule has 5 heteroatoms. The summed E-state index contributed by atoms with van der Waals surface area (Å²) in [5.41, 5.74) is 5.37. The lowest BCUT2D eigenvalue weighted by molar-refractivity contribution is 0.0592. The minimum Gasteiger partial charge on any atom is -0.465 e. The molecule has 0 aliphatic carbocycles. The van der Waals surface area contributed by atoms with Gasteiger partial charge in [-0.15, -0.1) is 0 Å². The molecular formula is C25H25NO4. The van der Waals surface area contributed by atoms with Gasteiger partial charge in [0.05, 0.1) is 25.3 Å². The first-order valence-corrected chi connectivity index (χ1v) is 9.58. The quantitative estimate of drug-likeness (QED) is 0.561. The molecule has 0 unspecified atom stereocenters. The van der Waals surface area contributed by atoms with Gasteiger partial charge in [0, 0.05) is 6.54 Å². The minimum atomic E-state index is -0.389. The van der Waals surface area contributed by atoms with Crippen LogP contribution in [0.15, 0.2) is 66.7 Å². The van der Waals surface area contributed by atoms with Gasteiger partial charge in [0.15, 0.2) is 0 Å². The zero-order valence-corrected chi connectivity index (χ0v) is 17.6. The number of ether oxygens (including phenoxy) is 2. The van der Waals surface area contributed by atoms with Crippen LogP contribution in [0, 0.1) is 0 Å². The molecule has 0 bridgehead atoms. The number of carbonyl (C=O) groups is 2. The molecule has 0 radical (unpaired) electrons. The van der Waals surface area contributed by atoms with E-state index in [1.807, 2.05) is 56.6 Å². The summed E-state index contributed by atoms with van der Waals surface area (Å²) in [6.07, 6.45) is 0. The van der Waals surface area contributed by atoms with Gasteiger partial charge in [-0.05, 0) is 72.2 Å². The number of hydrogen-bond acceptors (Lipinski definition) is 5. The first-order valence-electron chi connectivity index (χ1n) is 9.58. The molecule has 0 heterocycles. The molecule has 0 aromatic heterocycles. The summed E-state index contributed by atoms with van der Waals surface area (Å²) in [6, 6.07) is 20.8. The largest absolute Gasteiger partial charge is 0.465 e. The Morgan fingerprint density at radius 2 is 1.17 bits per heavy atom. The fraction of sp³-hybridized carbons (Fsp3) is 0.200. The molecule has 0 saturated carbocycles. The van der Waals surface area contributed by atoms with Crippen LogP contribution in [0.3, 0.4) is 0 Å². The summed E-state index contributed by atoms with van der Waals surface area (Å²) in [6.45, 7) is 0.710. The van der Waals surface area contributed by atoms with Crippen molar-refractivity contribution < 1.29 is 19.1 Å². The van der Waals surface area contributed by atoms with Crippen LogP contribution in [0.25, 0.3) is 22.3 Å². The molecule has 0 atom stereocenters. The molecule has 0 N–H and O–H groups in total. The lowest BCUT2D eigenvalue weighted by Crippen LogP contribution is -2.11. The fourth-order valence-electron chi connectivity index (χ4n) is 3.51. The minimum absolute atomic E-state index is 0.389. The third-order valence-corrected chi connectivity index (χ3v) is 4.78. The van der Waals surface area contributed by atoms with Gasteiger partial charge in [-0.25, -0.2) is 9.59 Å². The van der Waals surface area contributed by atoms with E-state index in [9.17, 15) is 9.59 Å². The van der Waals surface area contributed by atoms with Crippen LogP contribution in [-0.4, -0.2) is 45.2 Å². The molecule has 0 aliphatic heterocycles. The van der Waals surface area contributed by atoms with E-state index in [0.29, 0.717) is 17.7 Å². The summed E-state index contributed by atoms with van der Waals surface area (Å²) in [5.74, 6) is -0.778. The second-order valence-corrected chi connectivity index (χ2v) is 7.23. The molecule has 0 saturated heterocycles. The van der Waals surface area contributed by atoms with Gasteiger partial charge in [-0.3, -0.25) is 0 Å². The molecule has 3 aromatic rings. The number of methoxy groups -OCH3 is 2. The van der Waals surface area contributed by atoms with Crippen molar-refractivity contribution in [3.63, 3.8) is 0 Å². The predicted octanol–water partition coefficient (Wildman–Crippen LogP) is 4.66. The number of carbonyl (C=O) groups excluding carboxylic acids is 2. The topological polar surface area (TPSA) is 55.8 Å². The average molecular weight is 403 g/mol. The molecule has 0 aliphatic rings. The van der Waals surface area contributed by atoms with Crippen LogP contribution in [0.5, 0.6) is 0 Å². The Kier molecular flexibility index (Phi) is 6.65. The smallest absolute Gasteiger partial charge is 0.338 e. The van der Waals surface area contributed by atoms with Crippen LogP contribution in [-0.2, 0) is 16.0 Å². The fourth-order valence-corrected chi connectivity index (χ4v) is 3.51. The normalized spacial score (nSPS) is 10.7. The van der Waals surface area contributed by atoms with Crippen molar-refractivity contribution in [2.24, 2.45) is 0 Å². The molecule has 3 rings (SSSR count). The first-order chi connectivity index (χ1) is 14.4. The average Bonchev–Trinajstić information content (AvgIpc) is 2.77. The Labute approximate surface area is 176 Å². The SMILES string of the molecule is COC(=O)c1ccccc1-c1cc(CN(C)C)cc(-c2ccccc2C(=O)OC)c1. The van der Waals surface area contributed by atoms with E-state index >= 15 is 0 Å². The predicted molar refractivity (Wildman–Crippen MR) is 117 cm³/mol. The van der Waals surface area contributed by atoms with E-state index in [2.05, 4.69) is 17.0 Å². The third-order valence-electron chi connectivity index (χ3n) is 4.78. The molecule has 154 valence electrons. The maximum absolute atomic E-state index is 12.3. The first kappa shape index (κ1) is 21.3. The summed E-state index contributed by atoms with van der Waals surface area (Å²) >= 11 is 0. The summed E-state index contributed by atoms with van der Waals surface area (Å²) < 4.78 is 9.93. The second-order valence-electron chi connectivity index (χ2n) is 7.23. The monoisotopic (exact) mass is 403 g/mol. The van der Waals surface area contributed by atoms with Gasteiger partial charge in [0.2, 0.25) is 0 Å². The Bertz CT molecular complexity index is 994. The lowest BCUT2D eigenvalue weighted by atomic mass is 9.91. The maximum atomic E-state index is 12.3. The van der Waals surface area contributed by atoms with E-state index in [-0.39, 0.29) is 11.9 Å². The van der Waals surface area contributed by atoms with Crippen LogP contribution in [0.1, 0.15) is 26.3 Å². The highest BCUT2D eigenvalue weighted by atomic mass is 16.5. The number of hydrogen-bond donors (Lipinski definition) is 0. The second kappa shape index (κ2) is 9.37. The highest BCUT2D eigenvalue weighted by Crippen LogP contribution is 2.32. The number of rotatable bonds is 6. The van der Waals surface area contributed by atoms with Crippen molar-refractivity contribution in [1.82, 2.24) is 4.90 Å². The van der Waals surface area contributed by atoms with Crippen molar-refractivity contribution in [3.8, 4) is 22.3 Å². The standard InChI is InChI=1S/C25H25NO4/c1-26(2)16-17-13-18(20-9-5-7-11-22(20)24(27)29-3)15-19(14-17)21-10-6-8-12-23(21)25(28)30-4/h5-15H,16H2,1-4H3. The summed E-state index contributed by atoms with van der Waals surface area (Å²) in [7, 11) is 6.74. The zero-order chi connectivity index (χ0) is 21.7. The Morgan fingerprint density at radius 3 is 1.57 bits per heavy atom. The van der Waals surface area contributed by atoms with Gasteiger partial charge in [0.1, 0.15) is 0 Å². The summed E-state index contributed by atoms with van der Waals surface area (Å²) in [5, 5.41) is 0. The summed E-state index contributed by atoms with van der Waals surface area (Å²) in [4.78, 5) is 26.7. The van der Waals surface area contributed by atoms with Gasteiger partial charge in [-0.1, -0.05) is 36.4 Å². The highest BCUT2D eigenvalue weighted by molar-refractivity contribution is 5.99. The van der Waals surface area contributed by atoms with Gasteiger partial charge in [-0.2, -0.15) is 0 Å². The van der Waals surface area contributed by atoms with E-state index in [0.717, 1.165) is 27.8 Å². The Hall–Kier alpha value is -3.44. The number of esters is 2. The van der Waals surface area contributed by atoms with Crippen LogP contribution in [0.4, 0.5) is 0 Å². The van der Waals surface area contributed by atoms with Crippen molar-refractivity contribution in [3.05, 3.63) is 83.4 Å². The molecule has 0 fully saturated rings. The van der Waals surface area contributed by atoms with Crippen LogP contribution in [0.2, 0.25) is 0 Å². The third kappa shape index (κ3) is 4.58. The van der Waals surface area contributed by atoms with Crippen molar-refractivity contribution in [1.29, 1.82) is 0 Å². The van der Waals surface area contributed by atoms with E-state index in [4.69, 9.17) is 9.47 Å².